The van der Waals surface area contributed by atoms with E-state index >= 15 is 0 Å². The van der Waals surface area contributed by atoms with E-state index in [1.54, 1.807) is 31.2 Å². The summed E-state index contributed by atoms with van der Waals surface area (Å²) in [5.74, 6) is -0.501. The lowest BCUT2D eigenvalue weighted by Gasteiger charge is -2.08. The number of amides is 1. The van der Waals surface area contributed by atoms with E-state index in [-0.39, 0.29) is 11.3 Å². The van der Waals surface area contributed by atoms with Gasteiger partial charge in [0.05, 0.1) is 11.6 Å². The molecular weight excluding hydrogens is 278 g/mol. The highest BCUT2D eigenvalue weighted by molar-refractivity contribution is 6.30. The molecule has 0 aliphatic carbocycles. The zero-order valence-electron chi connectivity index (χ0n) is 10.5. The van der Waals surface area contributed by atoms with Crippen molar-refractivity contribution >= 4 is 23.2 Å². The lowest BCUT2D eigenvalue weighted by atomic mass is 10.1. The van der Waals surface area contributed by atoms with E-state index in [0.717, 1.165) is 6.07 Å². The molecule has 100 valence electrons. The first-order chi connectivity index (χ1) is 9.51. The van der Waals surface area contributed by atoms with Crippen LogP contribution in [-0.2, 0) is 0 Å². The van der Waals surface area contributed by atoms with Gasteiger partial charge in [0.2, 0.25) is 5.56 Å². The van der Waals surface area contributed by atoms with Gasteiger partial charge < -0.3 is 10.3 Å². The molecule has 0 saturated carbocycles. The number of aromatic amines is 1. The molecule has 1 aromatic heterocycles. The summed E-state index contributed by atoms with van der Waals surface area (Å²) in [6.45, 7) is 1.60. The van der Waals surface area contributed by atoms with Crippen molar-refractivity contribution in [2.24, 2.45) is 0 Å². The second kappa shape index (κ2) is 5.59. The lowest BCUT2D eigenvalue weighted by Crippen LogP contribution is -2.21. The Morgan fingerprint density at radius 1 is 1.40 bits per heavy atom. The average Bonchev–Trinajstić information content (AvgIpc) is 2.40. The molecule has 5 nitrogen and oxygen atoms in total. The van der Waals surface area contributed by atoms with Crippen LogP contribution in [0.3, 0.4) is 0 Å². The van der Waals surface area contributed by atoms with Gasteiger partial charge >= 0.3 is 0 Å². The maximum Gasteiger partial charge on any atom is 0.272 e. The molecule has 1 aromatic carbocycles. The molecule has 20 heavy (non-hydrogen) atoms. The highest BCUT2D eigenvalue weighted by Gasteiger charge is 2.14. The Bertz CT molecular complexity index is 775. The minimum Gasteiger partial charge on any atom is -0.321 e. The Labute approximate surface area is 119 Å². The number of nitrogens with zero attached hydrogens (tertiary/aromatic N) is 1. The molecule has 2 N–H and O–H groups in total. The minimum atomic E-state index is -0.501. The number of pyridine rings is 1. The number of carbonyl (C=O) groups excluding carboxylic acids is 1. The third-order valence-electron chi connectivity index (χ3n) is 2.73. The molecule has 0 unspecified atom stereocenters. The predicted molar refractivity (Wildman–Crippen MR) is 75.9 cm³/mol. The first kappa shape index (κ1) is 13.8. The molecule has 2 aromatic rings. The molecule has 0 spiro atoms. The first-order valence-electron chi connectivity index (χ1n) is 5.72. The largest absolute Gasteiger partial charge is 0.321 e. The van der Waals surface area contributed by atoms with Crippen LogP contribution >= 0.6 is 11.6 Å². The van der Waals surface area contributed by atoms with Crippen molar-refractivity contribution in [3.8, 4) is 6.07 Å². The Hall–Kier alpha value is -2.58. The average molecular weight is 288 g/mol. The highest BCUT2D eigenvalue weighted by atomic mass is 35.5. The van der Waals surface area contributed by atoms with Crippen molar-refractivity contribution in [2.45, 2.75) is 6.92 Å². The van der Waals surface area contributed by atoms with E-state index in [0.29, 0.717) is 16.3 Å². The summed E-state index contributed by atoms with van der Waals surface area (Å²) in [6.07, 6.45) is 0. The van der Waals surface area contributed by atoms with Gasteiger partial charge in [-0.1, -0.05) is 17.7 Å². The van der Waals surface area contributed by atoms with E-state index in [9.17, 15) is 9.59 Å². The smallest absolute Gasteiger partial charge is 0.272 e. The quantitative estimate of drug-likeness (QED) is 0.889. The zero-order valence-corrected chi connectivity index (χ0v) is 11.3. The number of hydrogen-bond donors (Lipinski definition) is 2. The molecule has 1 amide bonds. The Balaban J connectivity index is 2.38. The second-order valence-electron chi connectivity index (χ2n) is 4.12. The van der Waals surface area contributed by atoms with Crippen molar-refractivity contribution in [3.05, 3.63) is 62.5 Å². The van der Waals surface area contributed by atoms with Gasteiger partial charge in [0, 0.05) is 16.8 Å². The summed E-state index contributed by atoms with van der Waals surface area (Å²) >= 11 is 5.83. The summed E-state index contributed by atoms with van der Waals surface area (Å²) in [5, 5.41) is 12.0. The van der Waals surface area contributed by atoms with E-state index in [1.807, 2.05) is 6.07 Å². The number of benzene rings is 1. The monoisotopic (exact) mass is 287 g/mol. The maximum absolute atomic E-state index is 12.1. The molecular formula is C14H10ClN3O2. The van der Waals surface area contributed by atoms with Gasteiger partial charge in [-0.05, 0) is 30.7 Å². The Kier molecular flexibility index (Phi) is 3.87. The van der Waals surface area contributed by atoms with Crippen molar-refractivity contribution in [3.63, 3.8) is 0 Å². The molecule has 0 aliphatic rings. The molecule has 0 radical (unpaired) electrons. The summed E-state index contributed by atoms with van der Waals surface area (Å²) in [4.78, 5) is 26.0. The molecule has 6 heteroatoms. The fourth-order valence-electron chi connectivity index (χ4n) is 1.73. The van der Waals surface area contributed by atoms with Crippen LogP contribution in [0.4, 0.5) is 5.69 Å². The van der Waals surface area contributed by atoms with Crippen LogP contribution in [0.25, 0.3) is 0 Å². The van der Waals surface area contributed by atoms with Gasteiger partial charge in [-0.25, -0.2) is 0 Å². The number of halogens is 1. The predicted octanol–water partition coefficient (Wildman–Crippen LogP) is 2.46. The van der Waals surface area contributed by atoms with Crippen LogP contribution in [0.1, 0.15) is 21.6 Å². The minimum absolute atomic E-state index is 0.0639. The number of carbonyl (C=O) groups is 1. The normalized spacial score (nSPS) is 9.85. The topological polar surface area (TPSA) is 85.8 Å². The van der Waals surface area contributed by atoms with E-state index < -0.39 is 11.5 Å². The molecule has 1 heterocycles. The van der Waals surface area contributed by atoms with Crippen LogP contribution < -0.4 is 10.9 Å². The fourth-order valence-corrected chi connectivity index (χ4v) is 1.92. The SMILES string of the molecule is Cc1c(C#N)cc(=O)[nH]c1C(=O)Nc1cccc(Cl)c1. The summed E-state index contributed by atoms with van der Waals surface area (Å²) in [5.41, 5.74) is 0.666. The maximum atomic E-state index is 12.1. The first-order valence-corrected chi connectivity index (χ1v) is 6.10. The van der Waals surface area contributed by atoms with Gasteiger partial charge in [-0.3, -0.25) is 9.59 Å². The van der Waals surface area contributed by atoms with Crippen molar-refractivity contribution < 1.29 is 4.79 Å². The van der Waals surface area contributed by atoms with Crippen LogP contribution in [0.5, 0.6) is 0 Å². The summed E-state index contributed by atoms with van der Waals surface area (Å²) < 4.78 is 0. The van der Waals surface area contributed by atoms with Crippen LogP contribution in [0.15, 0.2) is 35.1 Å². The second-order valence-corrected chi connectivity index (χ2v) is 4.56. The van der Waals surface area contributed by atoms with Crippen molar-refractivity contribution in [1.29, 1.82) is 5.26 Å². The van der Waals surface area contributed by atoms with Crippen LogP contribution in [-0.4, -0.2) is 10.9 Å². The Morgan fingerprint density at radius 2 is 2.15 bits per heavy atom. The number of hydrogen-bond acceptors (Lipinski definition) is 3. The standard InChI is InChI=1S/C14H10ClN3O2/c1-8-9(7-16)5-12(19)18-13(8)14(20)17-11-4-2-3-10(15)6-11/h2-6H,1H3,(H,17,20)(H,18,19). The number of rotatable bonds is 2. The van der Waals surface area contributed by atoms with E-state index in [2.05, 4.69) is 10.3 Å². The van der Waals surface area contributed by atoms with Gasteiger partial charge in [-0.2, -0.15) is 5.26 Å². The van der Waals surface area contributed by atoms with Crippen molar-refractivity contribution in [2.75, 3.05) is 5.32 Å². The number of nitriles is 1. The molecule has 0 fully saturated rings. The fraction of sp³-hybridized carbons (Fsp3) is 0.0714. The molecule has 0 saturated heterocycles. The lowest BCUT2D eigenvalue weighted by molar-refractivity contribution is 0.102. The van der Waals surface area contributed by atoms with Gasteiger partial charge in [0.25, 0.3) is 5.91 Å². The zero-order chi connectivity index (χ0) is 14.7. The summed E-state index contributed by atoms with van der Waals surface area (Å²) in [6, 6.07) is 9.67. The molecule has 2 rings (SSSR count). The molecule has 0 atom stereocenters. The van der Waals surface area contributed by atoms with E-state index in [1.165, 1.54) is 0 Å². The third-order valence-corrected chi connectivity index (χ3v) is 2.97. The van der Waals surface area contributed by atoms with E-state index in [4.69, 9.17) is 16.9 Å². The third kappa shape index (κ3) is 2.87. The van der Waals surface area contributed by atoms with Gasteiger partial charge in [-0.15, -0.1) is 0 Å². The number of H-pyrrole nitrogens is 1. The van der Waals surface area contributed by atoms with Gasteiger partial charge in [0.15, 0.2) is 0 Å². The number of aromatic nitrogens is 1. The molecule has 0 aliphatic heterocycles. The molecule has 0 bridgehead atoms. The number of anilines is 1. The van der Waals surface area contributed by atoms with Crippen LogP contribution in [0, 0.1) is 18.3 Å². The Morgan fingerprint density at radius 3 is 2.80 bits per heavy atom. The van der Waals surface area contributed by atoms with Crippen LogP contribution in [0.2, 0.25) is 5.02 Å². The number of nitrogens with one attached hydrogen (secondary N) is 2. The highest BCUT2D eigenvalue weighted by Crippen LogP contribution is 2.16. The summed E-state index contributed by atoms with van der Waals surface area (Å²) in [7, 11) is 0. The van der Waals surface area contributed by atoms with Crippen molar-refractivity contribution in [1.82, 2.24) is 4.98 Å². The van der Waals surface area contributed by atoms with Gasteiger partial charge in [0.1, 0.15) is 5.69 Å².